The van der Waals surface area contributed by atoms with Crippen LogP contribution < -0.4 is 16.0 Å². The summed E-state index contributed by atoms with van der Waals surface area (Å²) in [5, 5.41) is 8.42. The molecule has 0 saturated heterocycles. The Morgan fingerprint density at radius 3 is 1.85 bits per heavy atom. The van der Waals surface area contributed by atoms with Gasteiger partial charge in [0.15, 0.2) is 0 Å². The molecule has 0 spiro atoms. The molecular weight excluding hydrogens is 496 g/mol. The third-order valence-electron chi connectivity index (χ3n) is 6.10. The Balaban J connectivity index is 2.18. The average molecular weight is 539 g/mol. The zero-order chi connectivity index (χ0) is 28.8. The monoisotopic (exact) mass is 538 g/mol. The summed E-state index contributed by atoms with van der Waals surface area (Å²) < 4.78 is 4.92. The predicted molar refractivity (Wildman–Crippen MR) is 151 cm³/mol. The van der Waals surface area contributed by atoms with Crippen LogP contribution in [0.5, 0.6) is 0 Å². The Morgan fingerprint density at radius 1 is 0.769 bits per heavy atom. The molecule has 0 heterocycles. The van der Waals surface area contributed by atoms with Gasteiger partial charge in [-0.05, 0) is 50.4 Å². The molecule has 0 aliphatic heterocycles. The van der Waals surface area contributed by atoms with Crippen LogP contribution in [0.15, 0.2) is 60.7 Å². The number of carbonyl (C=O) groups excluding carboxylic acids is 4. The van der Waals surface area contributed by atoms with Gasteiger partial charge in [0, 0.05) is 6.42 Å². The van der Waals surface area contributed by atoms with Gasteiger partial charge >= 0.3 is 5.97 Å². The fraction of sp³-hybridized carbons (Fsp3) is 0.467. The Morgan fingerprint density at radius 2 is 1.31 bits per heavy atom. The minimum absolute atomic E-state index is 0.0813. The van der Waals surface area contributed by atoms with Gasteiger partial charge in [-0.25, -0.2) is 4.79 Å². The number of aryl methyl sites for hydroxylation is 1. The highest BCUT2D eigenvalue weighted by Crippen LogP contribution is 2.11. The van der Waals surface area contributed by atoms with Gasteiger partial charge in [-0.3, -0.25) is 14.4 Å². The van der Waals surface area contributed by atoms with Crippen LogP contribution >= 0.6 is 0 Å². The van der Waals surface area contributed by atoms with Crippen molar-refractivity contribution >= 4 is 23.7 Å². The van der Waals surface area contributed by atoms with Gasteiger partial charge in [0.1, 0.15) is 18.1 Å². The first-order chi connectivity index (χ1) is 18.6. The maximum atomic E-state index is 13.4. The molecule has 2 rings (SSSR count). The van der Waals surface area contributed by atoms with Gasteiger partial charge in [-0.15, -0.1) is 0 Å². The number of esters is 1. The van der Waals surface area contributed by atoms with E-state index in [1.54, 1.807) is 19.0 Å². The van der Waals surface area contributed by atoms with Crippen molar-refractivity contribution in [3.63, 3.8) is 0 Å². The lowest BCUT2D eigenvalue weighted by molar-refractivity contribution is -0.145. The largest absolute Gasteiger partial charge is 0.467 e. The van der Waals surface area contributed by atoms with E-state index in [0.717, 1.165) is 11.1 Å². The Bertz CT molecular complexity index is 1060. The van der Waals surface area contributed by atoms with E-state index < -0.39 is 35.9 Å². The molecule has 9 heteroatoms. The van der Waals surface area contributed by atoms with E-state index >= 15 is 0 Å². The number of hydrogen-bond acceptors (Lipinski definition) is 6. The van der Waals surface area contributed by atoms with Gasteiger partial charge in [-0.1, -0.05) is 74.5 Å². The Hall–Kier alpha value is -3.72. The van der Waals surface area contributed by atoms with Crippen molar-refractivity contribution in [2.45, 2.75) is 57.7 Å². The van der Waals surface area contributed by atoms with Crippen molar-refractivity contribution in [1.29, 1.82) is 0 Å². The summed E-state index contributed by atoms with van der Waals surface area (Å²) in [6, 6.07) is 16.4. The van der Waals surface area contributed by atoms with Crippen LogP contribution in [0.25, 0.3) is 0 Å². The van der Waals surface area contributed by atoms with Gasteiger partial charge in [0.25, 0.3) is 0 Å². The third-order valence-corrected chi connectivity index (χ3v) is 6.10. The lowest BCUT2D eigenvalue weighted by Gasteiger charge is -2.26. The second-order valence-electron chi connectivity index (χ2n) is 10.3. The molecule has 0 bridgehead atoms. The highest BCUT2D eigenvalue weighted by atomic mass is 16.5. The van der Waals surface area contributed by atoms with Gasteiger partial charge in [-0.2, -0.15) is 0 Å². The Labute approximate surface area is 231 Å². The number of likely N-dealkylation sites (N-methyl/N-ethyl adjacent to an activating group) is 1. The van der Waals surface area contributed by atoms with Crippen molar-refractivity contribution in [2.24, 2.45) is 5.92 Å². The molecule has 0 fully saturated rings. The summed E-state index contributed by atoms with van der Waals surface area (Å²) >= 11 is 0. The highest BCUT2D eigenvalue weighted by Gasteiger charge is 2.30. The zero-order valence-electron chi connectivity index (χ0n) is 23.6. The fourth-order valence-corrected chi connectivity index (χ4v) is 4.18. The normalized spacial score (nSPS) is 13.3. The molecule has 0 unspecified atom stereocenters. The van der Waals surface area contributed by atoms with Crippen LogP contribution in [0, 0.1) is 5.92 Å². The van der Waals surface area contributed by atoms with Gasteiger partial charge in [0.05, 0.1) is 13.7 Å². The molecule has 3 N–H and O–H groups in total. The number of benzene rings is 2. The maximum absolute atomic E-state index is 13.4. The van der Waals surface area contributed by atoms with Crippen LogP contribution in [-0.2, 0) is 36.8 Å². The first-order valence-corrected chi connectivity index (χ1v) is 13.3. The number of nitrogens with zero attached hydrogens (tertiary/aromatic N) is 1. The van der Waals surface area contributed by atoms with E-state index in [9.17, 15) is 19.2 Å². The molecule has 39 heavy (non-hydrogen) atoms. The number of methoxy groups -OCH3 is 1. The minimum atomic E-state index is -0.912. The molecule has 0 radical (unpaired) electrons. The van der Waals surface area contributed by atoms with Gasteiger partial charge in [0.2, 0.25) is 17.7 Å². The second kappa shape index (κ2) is 16.3. The van der Waals surface area contributed by atoms with E-state index in [0.29, 0.717) is 19.3 Å². The smallest absolute Gasteiger partial charge is 0.328 e. The molecule has 0 aliphatic rings. The summed E-state index contributed by atoms with van der Waals surface area (Å²) in [6.07, 6.45) is 1.54. The van der Waals surface area contributed by atoms with Crippen molar-refractivity contribution in [3.05, 3.63) is 71.8 Å². The van der Waals surface area contributed by atoms with E-state index in [-0.39, 0.29) is 24.8 Å². The highest BCUT2D eigenvalue weighted by molar-refractivity contribution is 5.93. The number of amides is 3. The molecule has 212 valence electrons. The molecule has 0 saturated carbocycles. The van der Waals surface area contributed by atoms with Gasteiger partial charge < -0.3 is 25.6 Å². The maximum Gasteiger partial charge on any atom is 0.328 e. The topological polar surface area (TPSA) is 117 Å². The van der Waals surface area contributed by atoms with E-state index in [4.69, 9.17) is 4.74 Å². The molecule has 9 nitrogen and oxygen atoms in total. The van der Waals surface area contributed by atoms with Crippen LogP contribution in [0.4, 0.5) is 0 Å². The molecule has 3 amide bonds. The van der Waals surface area contributed by atoms with Crippen LogP contribution in [0.1, 0.15) is 37.8 Å². The first kappa shape index (κ1) is 31.5. The third kappa shape index (κ3) is 11.7. The standard InChI is InChI=1S/C30H42N4O5/c1-21(2)18-25(29(37)33-26(30(38)39-5)19-23-14-10-7-11-15-23)32-28(36)24(31-27(35)20-34(3)4)17-16-22-12-8-6-9-13-22/h6-15,21,24-26H,16-20H2,1-5H3,(H,31,35)(H,32,36)(H,33,37)/t24-,25-,26-/m0/s1. The number of nitrogens with one attached hydrogen (secondary N) is 3. The van der Waals surface area contributed by atoms with E-state index in [1.165, 1.54) is 7.11 Å². The lowest BCUT2D eigenvalue weighted by Crippen LogP contribution is -2.57. The number of carbonyl (C=O) groups is 4. The first-order valence-electron chi connectivity index (χ1n) is 13.3. The van der Waals surface area contributed by atoms with Crippen molar-refractivity contribution in [2.75, 3.05) is 27.7 Å². The number of hydrogen-bond donors (Lipinski definition) is 3. The quantitative estimate of drug-likeness (QED) is 0.299. The lowest BCUT2D eigenvalue weighted by atomic mass is 10.00. The van der Waals surface area contributed by atoms with Crippen molar-refractivity contribution in [3.8, 4) is 0 Å². The summed E-state index contributed by atoms with van der Waals surface area (Å²) in [7, 11) is 4.82. The van der Waals surface area contributed by atoms with E-state index in [2.05, 4.69) is 16.0 Å². The summed E-state index contributed by atoms with van der Waals surface area (Å²) in [5.74, 6) is -1.70. The average Bonchev–Trinajstić information content (AvgIpc) is 2.90. The van der Waals surface area contributed by atoms with Crippen LogP contribution in [-0.4, -0.2) is 74.5 Å². The van der Waals surface area contributed by atoms with Crippen LogP contribution in [0.3, 0.4) is 0 Å². The van der Waals surface area contributed by atoms with Crippen LogP contribution in [0.2, 0.25) is 0 Å². The summed E-state index contributed by atoms with van der Waals surface area (Å²) in [5.41, 5.74) is 1.90. The number of rotatable bonds is 15. The molecule has 0 aliphatic carbocycles. The molecule has 3 atom stereocenters. The fourth-order valence-electron chi connectivity index (χ4n) is 4.18. The Kier molecular flexibility index (Phi) is 13.2. The molecule has 2 aromatic rings. The molecule has 2 aromatic carbocycles. The van der Waals surface area contributed by atoms with E-state index in [1.807, 2.05) is 74.5 Å². The second-order valence-corrected chi connectivity index (χ2v) is 10.3. The predicted octanol–water partition coefficient (Wildman–Crippen LogP) is 2.10. The summed E-state index contributed by atoms with van der Waals surface area (Å²) in [4.78, 5) is 53.6. The van der Waals surface area contributed by atoms with Crippen molar-refractivity contribution < 1.29 is 23.9 Å². The number of ether oxygens (including phenoxy) is 1. The SMILES string of the molecule is COC(=O)[C@H](Cc1ccccc1)NC(=O)[C@H](CC(C)C)NC(=O)[C@H](CCc1ccccc1)NC(=O)CN(C)C. The molecular formula is C30H42N4O5. The van der Waals surface area contributed by atoms with Crippen molar-refractivity contribution in [1.82, 2.24) is 20.9 Å². The summed E-state index contributed by atoms with van der Waals surface area (Å²) in [6.45, 7) is 4.02. The molecule has 0 aromatic heterocycles. The zero-order valence-corrected chi connectivity index (χ0v) is 23.6. The minimum Gasteiger partial charge on any atom is -0.467 e.